The van der Waals surface area contributed by atoms with Crippen molar-refractivity contribution in [1.82, 2.24) is 0 Å². The Balaban J connectivity index is 2.85. The molecule has 1 N–H and O–H groups in total. The van der Waals surface area contributed by atoms with Crippen molar-refractivity contribution in [3.63, 3.8) is 0 Å². The van der Waals surface area contributed by atoms with E-state index in [9.17, 15) is 4.79 Å². The van der Waals surface area contributed by atoms with Gasteiger partial charge >= 0.3 is 5.97 Å². The lowest BCUT2D eigenvalue weighted by Gasteiger charge is -2.26. The first-order valence-electron chi connectivity index (χ1n) is 5.67. The number of carboxylic acids is 1. The number of benzene rings is 1. The van der Waals surface area contributed by atoms with E-state index in [-0.39, 0.29) is 6.42 Å². The Morgan fingerprint density at radius 2 is 2.06 bits per heavy atom. The maximum absolute atomic E-state index is 10.7. The molecule has 0 radical (unpaired) electrons. The monoisotopic (exact) mass is 233 g/mol. The molecule has 17 heavy (non-hydrogen) atoms. The zero-order valence-electron chi connectivity index (χ0n) is 10.4. The smallest absolute Gasteiger partial charge is 0.305 e. The molecule has 0 saturated heterocycles. The van der Waals surface area contributed by atoms with E-state index in [2.05, 4.69) is 11.5 Å². The number of carbonyl (C=O) groups is 1. The predicted octanol–water partition coefficient (Wildman–Crippen LogP) is 2.85. The molecule has 0 saturated carbocycles. The van der Waals surface area contributed by atoms with Gasteiger partial charge in [0.15, 0.2) is 0 Å². The average Bonchev–Trinajstić information content (AvgIpc) is 2.24. The number of rotatable bonds is 6. The van der Waals surface area contributed by atoms with Crippen LogP contribution in [0.2, 0.25) is 0 Å². The van der Waals surface area contributed by atoms with Crippen LogP contribution < -0.4 is 4.90 Å². The number of aliphatic carboxylic acids is 1. The van der Waals surface area contributed by atoms with Gasteiger partial charge in [0.25, 0.3) is 0 Å². The van der Waals surface area contributed by atoms with Crippen molar-refractivity contribution in [3.05, 3.63) is 42.0 Å². The minimum absolute atomic E-state index is 0.140. The highest BCUT2D eigenvalue weighted by atomic mass is 16.4. The molecule has 0 bridgehead atoms. The summed E-state index contributed by atoms with van der Waals surface area (Å²) in [5.74, 6) is -0.773. The Kier molecular flexibility index (Phi) is 4.76. The largest absolute Gasteiger partial charge is 0.481 e. The third kappa shape index (κ3) is 4.31. The van der Waals surface area contributed by atoms with Gasteiger partial charge in [-0.05, 0) is 25.5 Å². The maximum atomic E-state index is 10.7. The van der Waals surface area contributed by atoms with E-state index < -0.39 is 5.97 Å². The fraction of sp³-hybridized carbons (Fsp3) is 0.357. The molecule has 1 aromatic rings. The molecule has 1 aromatic carbocycles. The van der Waals surface area contributed by atoms with E-state index in [4.69, 9.17) is 5.11 Å². The minimum atomic E-state index is -0.773. The summed E-state index contributed by atoms with van der Waals surface area (Å²) in [5, 5.41) is 8.76. The normalized spacial score (nSPS) is 10.0. The van der Waals surface area contributed by atoms with E-state index in [1.807, 2.05) is 38.1 Å². The van der Waals surface area contributed by atoms with Gasteiger partial charge < -0.3 is 10.0 Å². The summed E-state index contributed by atoms with van der Waals surface area (Å²) in [6, 6.07) is 7.99. The van der Waals surface area contributed by atoms with Gasteiger partial charge in [0.2, 0.25) is 0 Å². The van der Waals surface area contributed by atoms with Crippen molar-refractivity contribution in [2.75, 3.05) is 18.0 Å². The van der Waals surface area contributed by atoms with E-state index in [0.29, 0.717) is 13.1 Å². The number of para-hydroxylation sites is 1. The predicted molar refractivity (Wildman–Crippen MR) is 70.5 cm³/mol. The summed E-state index contributed by atoms with van der Waals surface area (Å²) in [5.41, 5.74) is 3.26. The van der Waals surface area contributed by atoms with Gasteiger partial charge in [0.1, 0.15) is 0 Å². The number of hydrogen-bond acceptors (Lipinski definition) is 2. The van der Waals surface area contributed by atoms with Gasteiger partial charge in [-0.15, -0.1) is 0 Å². The van der Waals surface area contributed by atoms with Gasteiger partial charge in [-0.3, -0.25) is 4.79 Å². The van der Waals surface area contributed by atoms with Crippen LogP contribution in [0.1, 0.15) is 18.9 Å². The van der Waals surface area contributed by atoms with Crippen LogP contribution in [0.5, 0.6) is 0 Å². The topological polar surface area (TPSA) is 40.5 Å². The lowest BCUT2D eigenvalue weighted by molar-refractivity contribution is -0.136. The van der Waals surface area contributed by atoms with E-state index in [1.54, 1.807) is 0 Å². The van der Waals surface area contributed by atoms with Crippen LogP contribution in [0.4, 0.5) is 5.69 Å². The third-order valence-electron chi connectivity index (χ3n) is 2.51. The zero-order chi connectivity index (χ0) is 12.8. The molecule has 0 unspecified atom stereocenters. The van der Waals surface area contributed by atoms with E-state index in [1.165, 1.54) is 0 Å². The van der Waals surface area contributed by atoms with Crippen LogP contribution in [0.3, 0.4) is 0 Å². The SMILES string of the molecule is C=C(C)CN(CCC(=O)O)c1ccccc1C. The molecule has 0 amide bonds. The molecule has 0 aromatic heterocycles. The summed E-state index contributed by atoms with van der Waals surface area (Å²) in [7, 11) is 0. The van der Waals surface area contributed by atoms with Gasteiger partial charge in [-0.25, -0.2) is 0 Å². The summed E-state index contributed by atoms with van der Waals surface area (Å²) < 4.78 is 0. The maximum Gasteiger partial charge on any atom is 0.305 e. The quantitative estimate of drug-likeness (QED) is 0.768. The van der Waals surface area contributed by atoms with Crippen molar-refractivity contribution in [3.8, 4) is 0 Å². The van der Waals surface area contributed by atoms with E-state index in [0.717, 1.165) is 16.8 Å². The van der Waals surface area contributed by atoms with Gasteiger partial charge in [-0.2, -0.15) is 0 Å². The lowest BCUT2D eigenvalue weighted by Crippen LogP contribution is -2.28. The van der Waals surface area contributed by atoms with Gasteiger partial charge in [-0.1, -0.05) is 30.4 Å². The molecule has 0 fully saturated rings. The van der Waals surface area contributed by atoms with E-state index >= 15 is 0 Å². The molecule has 1 rings (SSSR count). The number of aryl methyl sites for hydroxylation is 1. The number of carboxylic acid groups (broad SMARTS) is 1. The molecule has 0 spiro atoms. The van der Waals surface area contributed by atoms with Crippen molar-refractivity contribution in [2.45, 2.75) is 20.3 Å². The lowest BCUT2D eigenvalue weighted by atomic mass is 10.1. The van der Waals surface area contributed by atoms with Crippen molar-refractivity contribution < 1.29 is 9.90 Å². The molecule has 0 heterocycles. The second-order valence-corrected chi connectivity index (χ2v) is 4.31. The molecule has 3 nitrogen and oxygen atoms in total. The van der Waals surface area contributed by atoms with Crippen LogP contribution in [0.25, 0.3) is 0 Å². The Labute approximate surface area is 102 Å². The Hall–Kier alpha value is -1.77. The molecule has 0 atom stereocenters. The molecular weight excluding hydrogens is 214 g/mol. The Morgan fingerprint density at radius 1 is 1.41 bits per heavy atom. The van der Waals surface area contributed by atoms with Crippen LogP contribution >= 0.6 is 0 Å². The highest BCUT2D eigenvalue weighted by Gasteiger charge is 2.10. The summed E-state index contributed by atoms with van der Waals surface area (Å²) >= 11 is 0. The van der Waals surface area contributed by atoms with Gasteiger partial charge in [0, 0.05) is 18.8 Å². The Morgan fingerprint density at radius 3 is 2.59 bits per heavy atom. The fourth-order valence-electron chi connectivity index (χ4n) is 1.76. The first-order valence-corrected chi connectivity index (χ1v) is 5.67. The van der Waals surface area contributed by atoms with Crippen molar-refractivity contribution in [2.24, 2.45) is 0 Å². The third-order valence-corrected chi connectivity index (χ3v) is 2.51. The second-order valence-electron chi connectivity index (χ2n) is 4.31. The summed E-state index contributed by atoms with van der Waals surface area (Å²) in [4.78, 5) is 12.7. The van der Waals surface area contributed by atoms with Crippen molar-refractivity contribution >= 4 is 11.7 Å². The molecule has 0 aliphatic rings. The average molecular weight is 233 g/mol. The molecular formula is C14H19NO2. The summed E-state index contributed by atoms with van der Waals surface area (Å²) in [6.45, 7) is 9.07. The van der Waals surface area contributed by atoms with Crippen LogP contribution in [-0.2, 0) is 4.79 Å². The first-order chi connectivity index (χ1) is 8.00. The van der Waals surface area contributed by atoms with Crippen LogP contribution in [-0.4, -0.2) is 24.2 Å². The number of nitrogens with zero attached hydrogens (tertiary/aromatic N) is 1. The standard InChI is InChI=1S/C14H19NO2/c1-11(2)10-15(9-8-14(16)17)13-7-5-4-6-12(13)3/h4-7H,1,8-10H2,2-3H3,(H,16,17). The number of anilines is 1. The molecule has 0 aliphatic heterocycles. The number of hydrogen-bond donors (Lipinski definition) is 1. The fourth-order valence-corrected chi connectivity index (χ4v) is 1.76. The van der Waals surface area contributed by atoms with Crippen LogP contribution in [0.15, 0.2) is 36.4 Å². The van der Waals surface area contributed by atoms with Crippen molar-refractivity contribution in [1.29, 1.82) is 0 Å². The molecule has 3 heteroatoms. The minimum Gasteiger partial charge on any atom is -0.481 e. The van der Waals surface area contributed by atoms with Crippen LogP contribution in [0, 0.1) is 6.92 Å². The summed E-state index contributed by atoms with van der Waals surface area (Å²) in [6.07, 6.45) is 0.140. The second kappa shape index (κ2) is 6.09. The highest BCUT2D eigenvalue weighted by molar-refractivity contribution is 5.68. The molecule has 92 valence electrons. The Bertz CT molecular complexity index is 412. The molecule has 0 aliphatic carbocycles. The zero-order valence-corrected chi connectivity index (χ0v) is 10.4. The highest BCUT2D eigenvalue weighted by Crippen LogP contribution is 2.20. The van der Waals surface area contributed by atoms with Gasteiger partial charge in [0.05, 0.1) is 6.42 Å². The first kappa shape index (κ1) is 13.3.